The molecule has 1 atom stereocenters. The molecule has 2 fully saturated rings. The molecule has 2 aromatic rings. The van der Waals surface area contributed by atoms with E-state index in [0.29, 0.717) is 11.8 Å². The fraction of sp³-hybridized carbons (Fsp3) is 0.571. The molecule has 0 spiro atoms. The van der Waals surface area contributed by atoms with E-state index in [1.807, 2.05) is 12.1 Å². The van der Waals surface area contributed by atoms with Crippen LogP contribution in [-0.4, -0.2) is 63.8 Å². The minimum atomic E-state index is -0.282. The molecular weight excluding hydrogens is 354 g/mol. The first-order valence-corrected chi connectivity index (χ1v) is 10.3. The van der Waals surface area contributed by atoms with Gasteiger partial charge in [-0.1, -0.05) is 0 Å². The predicted octanol–water partition coefficient (Wildman–Crippen LogP) is 1.62. The molecule has 2 saturated heterocycles. The number of pyridine rings is 1. The minimum absolute atomic E-state index is 0.0254. The van der Waals surface area contributed by atoms with E-state index in [2.05, 4.69) is 24.8 Å². The second-order valence-electron chi connectivity index (χ2n) is 8.00. The fourth-order valence-corrected chi connectivity index (χ4v) is 4.52. The van der Waals surface area contributed by atoms with Crippen molar-refractivity contribution in [1.82, 2.24) is 19.9 Å². The number of aromatic amines is 1. The topological polar surface area (TPSA) is 85.3 Å². The number of aliphatic hydroxyl groups excluding tert-OH is 1. The molecule has 4 heterocycles. The third-order valence-electron chi connectivity index (χ3n) is 6.22. The Morgan fingerprint density at radius 2 is 1.82 bits per heavy atom. The van der Waals surface area contributed by atoms with Gasteiger partial charge in [-0.2, -0.15) is 0 Å². The number of piperidine rings is 2. The largest absolute Gasteiger partial charge is 0.392 e. The molecule has 0 radical (unpaired) electrons. The van der Waals surface area contributed by atoms with Gasteiger partial charge in [0, 0.05) is 44.3 Å². The molecule has 4 rings (SSSR count). The first kappa shape index (κ1) is 19.1. The molecule has 0 aromatic carbocycles. The molecule has 0 aliphatic carbocycles. The lowest BCUT2D eigenvalue weighted by molar-refractivity contribution is 0.0449. The van der Waals surface area contributed by atoms with E-state index in [9.17, 15) is 9.90 Å². The molecule has 7 heteroatoms. The lowest BCUT2D eigenvalue weighted by Crippen LogP contribution is -2.44. The Balaban J connectivity index is 1.23. The van der Waals surface area contributed by atoms with Crippen LogP contribution in [0.5, 0.6) is 0 Å². The number of nitrogens with one attached hydrogen (secondary N) is 1. The summed E-state index contributed by atoms with van der Waals surface area (Å²) in [6.07, 6.45) is 9.04. The van der Waals surface area contributed by atoms with Crippen molar-refractivity contribution in [3.8, 4) is 0 Å². The van der Waals surface area contributed by atoms with Gasteiger partial charge in [0.25, 0.3) is 0 Å². The first-order chi connectivity index (χ1) is 13.7. The zero-order valence-corrected chi connectivity index (χ0v) is 16.2. The van der Waals surface area contributed by atoms with Gasteiger partial charge in [-0.25, -0.2) is 9.97 Å². The van der Waals surface area contributed by atoms with Crippen LogP contribution in [0.3, 0.4) is 0 Å². The minimum Gasteiger partial charge on any atom is -0.392 e. The lowest BCUT2D eigenvalue weighted by atomic mass is 9.88. The highest BCUT2D eigenvalue weighted by Crippen LogP contribution is 2.28. The normalized spacial score (nSPS) is 21.0. The second-order valence-corrected chi connectivity index (χ2v) is 8.00. The zero-order valence-electron chi connectivity index (χ0n) is 16.2. The summed E-state index contributed by atoms with van der Waals surface area (Å²) in [4.78, 5) is 27.4. The van der Waals surface area contributed by atoms with E-state index in [1.165, 1.54) is 0 Å². The highest BCUT2D eigenvalue weighted by molar-refractivity contribution is 5.28. The molecular formula is C21H29N5O2. The van der Waals surface area contributed by atoms with Gasteiger partial charge < -0.3 is 19.9 Å². The quantitative estimate of drug-likeness (QED) is 0.816. The van der Waals surface area contributed by atoms with Gasteiger partial charge in [-0.05, 0) is 68.3 Å². The van der Waals surface area contributed by atoms with Crippen molar-refractivity contribution >= 4 is 5.95 Å². The number of aliphatic hydroxyl groups is 1. The number of hydrogen-bond donors (Lipinski definition) is 2. The summed E-state index contributed by atoms with van der Waals surface area (Å²) in [5.41, 5.74) is 1.11. The predicted molar refractivity (Wildman–Crippen MR) is 108 cm³/mol. The van der Waals surface area contributed by atoms with E-state index in [0.717, 1.165) is 69.9 Å². The highest BCUT2D eigenvalue weighted by atomic mass is 16.3. The maximum atomic E-state index is 11.5. The van der Waals surface area contributed by atoms with Gasteiger partial charge >= 0.3 is 0 Å². The average Bonchev–Trinajstić information content (AvgIpc) is 2.75. The maximum absolute atomic E-state index is 11.5. The number of H-pyrrole nitrogens is 1. The standard InChI is InChI=1S/C21H29N5O2/c27-19(17-5-12-26(13-6-17)21-23-7-1-8-24-21)15-25-10-3-16(4-11-25)18-2-9-22-20(28)14-18/h1-2,7-9,14,16-17,19,27H,3-6,10-13,15H2,(H,22,28). The van der Waals surface area contributed by atoms with Crippen LogP contribution in [0, 0.1) is 5.92 Å². The summed E-state index contributed by atoms with van der Waals surface area (Å²) in [6.45, 7) is 4.50. The van der Waals surface area contributed by atoms with Crippen LogP contribution >= 0.6 is 0 Å². The number of aromatic nitrogens is 3. The highest BCUT2D eigenvalue weighted by Gasteiger charge is 2.29. The van der Waals surface area contributed by atoms with Gasteiger partial charge in [-0.15, -0.1) is 0 Å². The van der Waals surface area contributed by atoms with Crippen LogP contribution in [0.4, 0.5) is 5.95 Å². The van der Waals surface area contributed by atoms with Crippen molar-refractivity contribution in [2.45, 2.75) is 37.7 Å². The second kappa shape index (κ2) is 8.84. The summed E-state index contributed by atoms with van der Waals surface area (Å²) in [5, 5.41) is 10.8. The van der Waals surface area contributed by atoms with Crippen molar-refractivity contribution in [3.05, 3.63) is 52.7 Å². The number of likely N-dealkylation sites (tertiary alicyclic amines) is 1. The molecule has 150 valence electrons. The molecule has 2 aromatic heterocycles. The molecule has 2 aliphatic heterocycles. The van der Waals surface area contributed by atoms with Crippen LogP contribution in [0.15, 0.2) is 41.6 Å². The number of anilines is 1. The van der Waals surface area contributed by atoms with E-state index < -0.39 is 0 Å². The summed E-state index contributed by atoms with van der Waals surface area (Å²) < 4.78 is 0. The van der Waals surface area contributed by atoms with Crippen molar-refractivity contribution in [1.29, 1.82) is 0 Å². The van der Waals surface area contributed by atoms with Crippen molar-refractivity contribution in [2.24, 2.45) is 5.92 Å². The Labute approximate surface area is 165 Å². The Bertz CT molecular complexity index is 796. The number of β-amino-alcohol motifs (C(OH)–C–C–N with tert-alkyl or cyclic N) is 1. The summed E-state index contributed by atoms with van der Waals surface area (Å²) in [6, 6.07) is 5.57. The molecule has 1 unspecified atom stereocenters. The van der Waals surface area contributed by atoms with Crippen LogP contribution in [0.1, 0.15) is 37.2 Å². The van der Waals surface area contributed by atoms with Gasteiger partial charge in [0.15, 0.2) is 0 Å². The van der Waals surface area contributed by atoms with Crippen LogP contribution in [-0.2, 0) is 0 Å². The molecule has 0 bridgehead atoms. The molecule has 0 saturated carbocycles. The first-order valence-electron chi connectivity index (χ1n) is 10.3. The van der Waals surface area contributed by atoms with Crippen LogP contribution in [0.25, 0.3) is 0 Å². The molecule has 28 heavy (non-hydrogen) atoms. The van der Waals surface area contributed by atoms with Gasteiger partial charge in [0.05, 0.1) is 6.10 Å². The number of hydrogen-bond acceptors (Lipinski definition) is 6. The summed E-state index contributed by atoms with van der Waals surface area (Å²) >= 11 is 0. The van der Waals surface area contributed by atoms with Crippen LogP contribution in [0.2, 0.25) is 0 Å². The van der Waals surface area contributed by atoms with Crippen molar-refractivity contribution in [2.75, 3.05) is 37.6 Å². The Hall–Kier alpha value is -2.25. The summed E-state index contributed by atoms with van der Waals surface area (Å²) in [7, 11) is 0. The average molecular weight is 383 g/mol. The van der Waals surface area contributed by atoms with Gasteiger partial charge in [0.1, 0.15) is 0 Å². The van der Waals surface area contributed by atoms with Crippen molar-refractivity contribution in [3.63, 3.8) is 0 Å². The summed E-state index contributed by atoms with van der Waals surface area (Å²) in [5.74, 6) is 1.58. The van der Waals surface area contributed by atoms with E-state index in [-0.39, 0.29) is 11.7 Å². The number of nitrogens with zero attached hydrogens (tertiary/aromatic N) is 4. The van der Waals surface area contributed by atoms with E-state index in [1.54, 1.807) is 24.7 Å². The third-order valence-corrected chi connectivity index (χ3v) is 6.22. The monoisotopic (exact) mass is 383 g/mol. The fourth-order valence-electron chi connectivity index (χ4n) is 4.52. The van der Waals surface area contributed by atoms with Gasteiger partial charge in [0.2, 0.25) is 11.5 Å². The maximum Gasteiger partial charge on any atom is 0.248 e. The van der Waals surface area contributed by atoms with Crippen molar-refractivity contribution < 1.29 is 5.11 Å². The Morgan fingerprint density at radius 1 is 1.11 bits per heavy atom. The van der Waals surface area contributed by atoms with E-state index in [4.69, 9.17) is 0 Å². The Morgan fingerprint density at radius 3 is 2.50 bits per heavy atom. The SMILES string of the molecule is O=c1cc(C2CCN(CC(O)C3CCN(c4ncccn4)CC3)CC2)cc[nH]1. The Kier molecular flexibility index (Phi) is 6.02. The molecule has 2 N–H and O–H groups in total. The molecule has 2 aliphatic rings. The van der Waals surface area contributed by atoms with E-state index >= 15 is 0 Å². The third kappa shape index (κ3) is 4.59. The molecule has 7 nitrogen and oxygen atoms in total. The molecule has 0 amide bonds. The zero-order chi connectivity index (χ0) is 19.3. The van der Waals surface area contributed by atoms with Crippen LogP contribution < -0.4 is 10.5 Å². The van der Waals surface area contributed by atoms with Gasteiger partial charge in [-0.3, -0.25) is 4.79 Å². The number of rotatable bonds is 5. The smallest absolute Gasteiger partial charge is 0.248 e. The lowest BCUT2D eigenvalue weighted by Gasteiger charge is -2.38.